The predicted molar refractivity (Wildman–Crippen MR) is 90.7 cm³/mol. The van der Waals surface area contributed by atoms with Crippen molar-refractivity contribution in [3.8, 4) is 0 Å². The Balaban J connectivity index is 1.57. The number of hydrogen-bond acceptors (Lipinski definition) is 4. The van der Waals surface area contributed by atoms with Gasteiger partial charge in [0, 0.05) is 25.5 Å². The molecule has 1 unspecified atom stereocenters. The van der Waals surface area contributed by atoms with Crippen LogP contribution in [0.4, 0.5) is 0 Å². The fourth-order valence-corrected chi connectivity index (χ4v) is 3.36. The van der Waals surface area contributed by atoms with E-state index in [-0.39, 0.29) is 11.9 Å². The van der Waals surface area contributed by atoms with Crippen LogP contribution in [0.25, 0.3) is 11.0 Å². The van der Waals surface area contributed by atoms with Gasteiger partial charge in [-0.15, -0.1) is 0 Å². The van der Waals surface area contributed by atoms with Crippen LogP contribution in [0.5, 0.6) is 0 Å². The van der Waals surface area contributed by atoms with Crippen molar-refractivity contribution in [2.45, 2.75) is 25.8 Å². The summed E-state index contributed by atoms with van der Waals surface area (Å²) >= 11 is 0. The highest BCUT2D eigenvalue weighted by molar-refractivity contribution is 5.93. The average molecular weight is 321 g/mol. The summed E-state index contributed by atoms with van der Waals surface area (Å²) in [4.78, 5) is 27.9. The molecule has 4 rings (SSSR count). The van der Waals surface area contributed by atoms with E-state index < -0.39 is 0 Å². The molecular weight excluding hydrogens is 302 g/mol. The number of rotatable bonds is 2. The molecule has 6 heteroatoms. The van der Waals surface area contributed by atoms with Crippen LogP contribution in [0.1, 0.15) is 35.2 Å². The van der Waals surface area contributed by atoms with Crippen LogP contribution >= 0.6 is 0 Å². The van der Waals surface area contributed by atoms with Crippen molar-refractivity contribution in [1.29, 1.82) is 0 Å². The van der Waals surface area contributed by atoms with E-state index in [1.807, 2.05) is 48.5 Å². The third-order valence-electron chi connectivity index (χ3n) is 4.61. The lowest BCUT2D eigenvalue weighted by molar-refractivity contribution is 0.0672. The van der Waals surface area contributed by atoms with E-state index in [0.29, 0.717) is 12.2 Å². The molecule has 1 fully saturated rings. The monoisotopic (exact) mass is 321 g/mol. The van der Waals surface area contributed by atoms with Gasteiger partial charge in [-0.2, -0.15) is 0 Å². The Morgan fingerprint density at radius 2 is 2.04 bits per heavy atom. The Hall–Kier alpha value is -2.76. The Labute approximate surface area is 140 Å². The Morgan fingerprint density at radius 1 is 1.21 bits per heavy atom. The highest BCUT2D eigenvalue weighted by Crippen LogP contribution is 2.23. The van der Waals surface area contributed by atoms with Gasteiger partial charge < -0.3 is 9.47 Å². The SMILES string of the molecule is Cc1nccn1C1CCCN(C(=O)c2cnc3ccccc3n2)C1. The van der Waals surface area contributed by atoms with Crippen molar-refractivity contribution in [2.75, 3.05) is 13.1 Å². The minimum absolute atomic E-state index is 0.0456. The van der Waals surface area contributed by atoms with Crippen molar-refractivity contribution in [3.05, 3.63) is 54.4 Å². The van der Waals surface area contributed by atoms with Crippen molar-refractivity contribution < 1.29 is 4.79 Å². The summed E-state index contributed by atoms with van der Waals surface area (Å²) in [6.07, 6.45) is 7.42. The molecule has 3 aromatic rings. The van der Waals surface area contributed by atoms with Crippen LogP contribution in [0, 0.1) is 6.92 Å². The second-order valence-electron chi connectivity index (χ2n) is 6.17. The van der Waals surface area contributed by atoms with Crippen LogP contribution in [-0.4, -0.2) is 43.4 Å². The largest absolute Gasteiger partial charge is 0.335 e. The van der Waals surface area contributed by atoms with Crippen molar-refractivity contribution in [1.82, 2.24) is 24.4 Å². The van der Waals surface area contributed by atoms with Gasteiger partial charge in [-0.05, 0) is 31.9 Å². The molecule has 2 aromatic heterocycles. The number of likely N-dealkylation sites (tertiary alicyclic amines) is 1. The molecule has 1 amide bonds. The summed E-state index contributed by atoms with van der Waals surface area (Å²) in [7, 11) is 0. The van der Waals surface area contributed by atoms with Crippen LogP contribution < -0.4 is 0 Å². The number of aryl methyl sites for hydroxylation is 1. The molecular formula is C18H19N5O. The standard InChI is InChI=1S/C18H19N5O/c1-13-19-8-10-23(13)14-5-4-9-22(12-14)18(24)17-11-20-15-6-2-3-7-16(15)21-17/h2-3,6-8,10-11,14H,4-5,9,12H2,1H3. The summed E-state index contributed by atoms with van der Waals surface area (Å²) in [5.74, 6) is 0.940. The second-order valence-corrected chi connectivity index (χ2v) is 6.17. The number of para-hydroxylation sites is 2. The first-order valence-corrected chi connectivity index (χ1v) is 8.23. The van der Waals surface area contributed by atoms with Crippen molar-refractivity contribution >= 4 is 16.9 Å². The molecule has 0 N–H and O–H groups in total. The van der Waals surface area contributed by atoms with E-state index in [2.05, 4.69) is 19.5 Å². The van der Waals surface area contributed by atoms with Crippen molar-refractivity contribution in [2.24, 2.45) is 0 Å². The number of fused-ring (bicyclic) bond motifs is 1. The quantitative estimate of drug-likeness (QED) is 0.728. The van der Waals surface area contributed by atoms with Gasteiger partial charge in [0.2, 0.25) is 0 Å². The van der Waals surface area contributed by atoms with Gasteiger partial charge in [0.25, 0.3) is 5.91 Å². The fraction of sp³-hybridized carbons (Fsp3) is 0.333. The number of carbonyl (C=O) groups excluding carboxylic acids is 1. The number of aromatic nitrogens is 4. The van der Waals surface area contributed by atoms with E-state index in [0.717, 1.165) is 36.2 Å². The summed E-state index contributed by atoms with van der Waals surface area (Å²) in [5, 5.41) is 0. The molecule has 1 atom stereocenters. The first-order chi connectivity index (χ1) is 11.7. The minimum Gasteiger partial charge on any atom is -0.335 e. The third-order valence-corrected chi connectivity index (χ3v) is 4.61. The Bertz CT molecular complexity index is 888. The normalized spacial score (nSPS) is 18.0. The second kappa shape index (κ2) is 6.03. The van der Waals surface area contributed by atoms with E-state index >= 15 is 0 Å². The number of amides is 1. The van der Waals surface area contributed by atoms with Gasteiger partial charge >= 0.3 is 0 Å². The van der Waals surface area contributed by atoms with Gasteiger partial charge in [0.1, 0.15) is 11.5 Å². The molecule has 0 bridgehead atoms. The third kappa shape index (κ3) is 2.64. The van der Waals surface area contributed by atoms with E-state index in [9.17, 15) is 4.79 Å². The predicted octanol–water partition coefficient (Wildman–Crippen LogP) is 2.61. The Morgan fingerprint density at radius 3 is 2.83 bits per heavy atom. The summed E-state index contributed by atoms with van der Waals surface area (Å²) in [6.45, 7) is 3.44. The summed E-state index contributed by atoms with van der Waals surface area (Å²) in [6, 6.07) is 7.88. The smallest absolute Gasteiger partial charge is 0.274 e. The molecule has 0 radical (unpaired) electrons. The first-order valence-electron chi connectivity index (χ1n) is 8.23. The maximum atomic E-state index is 12.8. The average Bonchev–Trinajstić information content (AvgIpc) is 3.07. The fourth-order valence-electron chi connectivity index (χ4n) is 3.36. The number of benzene rings is 1. The number of piperidine rings is 1. The molecule has 3 heterocycles. The number of hydrogen-bond donors (Lipinski definition) is 0. The van der Waals surface area contributed by atoms with E-state index in [4.69, 9.17) is 0 Å². The van der Waals surface area contributed by atoms with Crippen LogP contribution in [-0.2, 0) is 0 Å². The minimum atomic E-state index is -0.0456. The zero-order chi connectivity index (χ0) is 16.5. The molecule has 0 saturated carbocycles. The lowest BCUT2D eigenvalue weighted by Crippen LogP contribution is -2.41. The van der Waals surface area contributed by atoms with Crippen molar-refractivity contribution in [3.63, 3.8) is 0 Å². The van der Waals surface area contributed by atoms with Gasteiger partial charge in [-0.25, -0.2) is 9.97 Å². The number of nitrogens with zero attached hydrogens (tertiary/aromatic N) is 5. The number of imidazole rings is 1. The van der Waals surface area contributed by atoms with Gasteiger partial charge in [-0.1, -0.05) is 12.1 Å². The molecule has 122 valence electrons. The zero-order valence-corrected chi connectivity index (χ0v) is 13.6. The summed E-state index contributed by atoms with van der Waals surface area (Å²) in [5.41, 5.74) is 1.97. The van der Waals surface area contributed by atoms with Crippen LogP contribution in [0.3, 0.4) is 0 Å². The lowest BCUT2D eigenvalue weighted by atomic mass is 10.0. The maximum absolute atomic E-state index is 12.8. The molecule has 24 heavy (non-hydrogen) atoms. The molecule has 1 aliphatic rings. The summed E-state index contributed by atoms with van der Waals surface area (Å²) < 4.78 is 2.16. The van der Waals surface area contributed by atoms with E-state index in [1.54, 1.807) is 6.20 Å². The molecule has 6 nitrogen and oxygen atoms in total. The highest BCUT2D eigenvalue weighted by atomic mass is 16.2. The molecule has 0 spiro atoms. The van der Waals surface area contributed by atoms with Crippen LogP contribution in [0.15, 0.2) is 42.9 Å². The van der Waals surface area contributed by atoms with Gasteiger partial charge in [0.15, 0.2) is 0 Å². The first kappa shape index (κ1) is 14.8. The molecule has 1 aromatic carbocycles. The molecule has 0 aliphatic carbocycles. The molecule has 1 saturated heterocycles. The van der Waals surface area contributed by atoms with Gasteiger partial charge in [0.05, 0.1) is 23.3 Å². The maximum Gasteiger partial charge on any atom is 0.274 e. The van der Waals surface area contributed by atoms with E-state index in [1.165, 1.54) is 0 Å². The lowest BCUT2D eigenvalue weighted by Gasteiger charge is -2.33. The topological polar surface area (TPSA) is 63.9 Å². The highest BCUT2D eigenvalue weighted by Gasteiger charge is 2.27. The van der Waals surface area contributed by atoms with Crippen LogP contribution in [0.2, 0.25) is 0 Å². The number of carbonyl (C=O) groups is 1. The Kier molecular flexibility index (Phi) is 3.72. The van der Waals surface area contributed by atoms with Gasteiger partial charge in [-0.3, -0.25) is 9.78 Å². The molecule has 1 aliphatic heterocycles. The zero-order valence-electron chi connectivity index (χ0n) is 13.6.